The Morgan fingerprint density at radius 3 is 1.24 bits per heavy atom. The molecule has 0 saturated carbocycles. The number of hydrogen-bond acceptors (Lipinski definition) is 3. The molecule has 1 aromatic carbocycles. The van der Waals surface area contributed by atoms with Crippen molar-refractivity contribution >= 4 is 7.28 Å². The smallest absolute Gasteiger partial charge is 0.0622 e. The van der Waals surface area contributed by atoms with Crippen LogP contribution in [0.15, 0.2) is 30.3 Å². The molecule has 0 radical (unpaired) electrons. The van der Waals surface area contributed by atoms with E-state index in [0.29, 0.717) is 0 Å². The molecule has 0 unspecified atom stereocenters. The first-order chi connectivity index (χ1) is 16.4. The molecule has 0 atom stereocenters. The fraction of sp³-hybridized carbons (Fsp3) is 0.800. The predicted octanol–water partition coefficient (Wildman–Crippen LogP) is 9.33. The molecule has 0 amide bonds. The molecule has 0 spiro atoms. The quantitative estimate of drug-likeness (QED) is 0.0986. The number of rotatable bonds is 24. The fourth-order valence-corrected chi connectivity index (χ4v) is 6.83. The van der Waals surface area contributed by atoms with E-state index in [1.54, 1.807) is 0 Å². The van der Waals surface area contributed by atoms with Crippen LogP contribution in [0, 0.1) is 0 Å². The number of unbranched alkanes of at least 4 members (excludes halogenated alkanes) is 18. The maximum atomic E-state index is 10.4. The predicted molar refractivity (Wildman–Crippen MR) is 151 cm³/mol. The number of benzene rings is 1. The van der Waals surface area contributed by atoms with Crippen LogP contribution in [0.2, 0.25) is 0 Å². The van der Waals surface area contributed by atoms with Crippen LogP contribution in [-0.2, 0) is 6.42 Å². The van der Waals surface area contributed by atoms with E-state index in [1.165, 1.54) is 102 Å². The van der Waals surface area contributed by atoms with Crippen molar-refractivity contribution in [1.29, 1.82) is 0 Å². The van der Waals surface area contributed by atoms with Crippen LogP contribution in [0.4, 0.5) is 0 Å². The van der Waals surface area contributed by atoms with E-state index >= 15 is 0 Å². The molecule has 1 aromatic rings. The molecule has 4 heteroatoms. The standard InChI is InChI=1S/C30H57O3P/c1-2-3-4-5-6-7-11-14-17-23-28-34(31,32,33)29-24-18-15-12-9-8-10-13-16-20-25-30-26-21-19-22-27-30/h19,21-22,26-27,31-33H,2-18,20,23-25,28-29H2,1H3. The zero-order valence-corrected chi connectivity index (χ0v) is 23.3. The summed E-state index contributed by atoms with van der Waals surface area (Å²) >= 11 is 0. The molecular formula is C30H57O3P. The Bertz CT molecular complexity index is 567. The molecule has 0 aromatic heterocycles. The van der Waals surface area contributed by atoms with Gasteiger partial charge in [-0.15, -0.1) is 0 Å². The summed E-state index contributed by atoms with van der Waals surface area (Å²) in [5, 5.41) is 0. The Kier molecular flexibility index (Phi) is 18.3. The van der Waals surface area contributed by atoms with Crippen LogP contribution in [-0.4, -0.2) is 27.0 Å². The van der Waals surface area contributed by atoms with E-state index in [4.69, 9.17) is 0 Å². The van der Waals surface area contributed by atoms with E-state index in [1.807, 2.05) is 0 Å². The molecule has 0 aliphatic heterocycles. The summed E-state index contributed by atoms with van der Waals surface area (Å²) in [5.41, 5.74) is 1.45. The maximum absolute atomic E-state index is 10.4. The van der Waals surface area contributed by atoms with Crippen molar-refractivity contribution in [3.63, 3.8) is 0 Å². The van der Waals surface area contributed by atoms with Gasteiger partial charge in [0.25, 0.3) is 0 Å². The van der Waals surface area contributed by atoms with E-state index in [0.717, 1.165) is 38.5 Å². The van der Waals surface area contributed by atoms with Crippen LogP contribution < -0.4 is 0 Å². The van der Waals surface area contributed by atoms with Crippen LogP contribution in [0.3, 0.4) is 0 Å². The van der Waals surface area contributed by atoms with E-state index in [2.05, 4.69) is 37.3 Å². The Hall–Kier alpha value is -0.470. The van der Waals surface area contributed by atoms with E-state index in [9.17, 15) is 14.7 Å². The minimum atomic E-state index is -4.38. The van der Waals surface area contributed by atoms with Crippen molar-refractivity contribution in [3.8, 4) is 0 Å². The molecule has 0 bridgehead atoms. The van der Waals surface area contributed by atoms with Crippen molar-refractivity contribution in [1.82, 2.24) is 0 Å². The third-order valence-electron chi connectivity index (χ3n) is 7.14. The third kappa shape index (κ3) is 19.8. The van der Waals surface area contributed by atoms with Crippen molar-refractivity contribution in [2.24, 2.45) is 0 Å². The summed E-state index contributed by atoms with van der Waals surface area (Å²) in [7, 11) is -4.38. The summed E-state index contributed by atoms with van der Waals surface area (Å²) < 4.78 is 0. The molecular weight excluding hydrogens is 439 g/mol. The zero-order chi connectivity index (χ0) is 24.8. The summed E-state index contributed by atoms with van der Waals surface area (Å²) in [6, 6.07) is 10.8. The van der Waals surface area contributed by atoms with Crippen LogP contribution in [0.25, 0.3) is 0 Å². The summed E-state index contributed by atoms with van der Waals surface area (Å²) in [5.74, 6) is 0. The van der Waals surface area contributed by atoms with Crippen molar-refractivity contribution in [2.75, 3.05) is 12.3 Å². The van der Waals surface area contributed by atoms with Gasteiger partial charge in [0.15, 0.2) is 0 Å². The Labute approximate surface area is 212 Å². The first-order valence-electron chi connectivity index (χ1n) is 14.7. The van der Waals surface area contributed by atoms with Gasteiger partial charge in [-0.25, -0.2) is 0 Å². The Morgan fingerprint density at radius 1 is 0.471 bits per heavy atom. The average molecular weight is 497 g/mol. The molecule has 3 nitrogen and oxygen atoms in total. The van der Waals surface area contributed by atoms with E-state index < -0.39 is 7.28 Å². The summed E-state index contributed by atoms with van der Waals surface area (Å²) in [6.07, 6.45) is 25.7. The Balaban J connectivity index is 1.87. The Morgan fingerprint density at radius 2 is 0.824 bits per heavy atom. The van der Waals surface area contributed by atoms with Gasteiger partial charge in [0.2, 0.25) is 0 Å². The monoisotopic (exact) mass is 496 g/mol. The van der Waals surface area contributed by atoms with Gasteiger partial charge in [0.1, 0.15) is 0 Å². The summed E-state index contributed by atoms with van der Waals surface area (Å²) in [4.78, 5) is 31.1. The number of aryl methyl sites for hydroxylation is 1. The van der Waals surface area contributed by atoms with Gasteiger partial charge < -0.3 is 0 Å². The van der Waals surface area contributed by atoms with Crippen molar-refractivity contribution in [2.45, 2.75) is 142 Å². The van der Waals surface area contributed by atoms with Crippen LogP contribution in [0.5, 0.6) is 0 Å². The van der Waals surface area contributed by atoms with Gasteiger partial charge in [-0.3, -0.25) is 0 Å². The molecule has 0 aliphatic carbocycles. The van der Waals surface area contributed by atoms with Crippen molar-refractivity contribution in [3.05, 3.63) is 35.9 Å². The fourth-order valence-electron chi connectivity index (χ4n) is 4.86. The third-order valence-corrected chi connectivity index (χ3v) is 9.61. The van der Waals surface area contributed by atoms with Gasteiger partial charge in [-0.05, 0) is 5.56 Å². The van der Waals surface area contributed by atoms with Crippen LogP contribution in [0.1, 0.15) is 141 Å². The first-order valence-corrected chi connectivity index (χ1v) is 17.2. The van der Waals surface area contributed by atoms with E-state index in [-0.39, 0.29) is 12.3 Å². The van der Waals surface area contributed by atoms with Gasteiger partial charge in [0, 0.05) is 0 Å². The van der Waals surface area contributed by atoms with Gasteiger partial charge >= 0.3 is 176 Å². The minimum absolute atomic E-state index is 0.199. The molecule has 0 aliphatic rings. The van der Waals surface area contributed by atoms with Gasteiger partial charge in [-0.1, -0.05) is 30.3 Å². The molecule has 200 valence electrons. The van der Waals surface area contributed by atoms with Gasteiger partial charge in [-0.2, -0.15) is 0 Å². The topological polar surface area (TPSA) is 60.7 Å². The molecule has 1 rings (SSSR count). The number of hydrogen-bond donors (Lipinski definition) is 3. The normalized spacial score (nSPS) is 13.1. The first kappa shape index (κ1) is 31.6. The molecule has 34 heavy (non-hydrogen) atoms. The second kappa shape index (κ2) is 19.7. The average Bonchev–Trinajstić information content (AvgIpc) is 2.81. The zero-order valence-electron chi connectivity index (χ0n) is 22.4. The second-order valence-electron chi connectivity index (χ2n) is 10.7. The van der Waals surface area contributed by atoms with Gasteiger partial charge in [0.05, 0.1) is 0 Å². The summed E-state index contributed by atoms with van der Waals surface area (Å²) in [6.45, 7) is 2.25. The van der Waals surface area contributed by atoms with Crippen LogP contribution >= 0.6 is 7.28 Å². The molecule has 0 fully saturated rings. The SMILES string of the molecule is CCCCCCCCCCCCP(O)(O)(O)CCCCCCCCCCCCc1ccccc1. The molecule has 0 saturated heterocycles. The molecule has 0 heterocycles. The van der Waals surface area contributed by atoms with Crippen molar-refractivity contribution < 1.29 is 14.7 Å². The minimum Gasteiger partial charge on any atom is -0.0622 e. The molecule has 3 N–H and O–H groups in total. The second-order valence-corrected chi connectivity index (χ2v) is 14.3.